The van der Waals surface area contributed by atoms with Crippen LogP contribution in [0.1, 0.15) is 28.8 Å². The summed E-state index contributed by atoms with van der Waals surface area (Å²) in [6, 6.07) is 21.2. The SMILES string of the molecule is Cc1ccc(N2C(=O)C3NNC(c4ccc(Cl)cc4)C3C2c2cccc(F)c2)cc1. The maximum absolute atomic E-state index is 14.2. The summed E-state index contributed by atoms with van der Waals surface area (Å²) in [5.41, 5.74) is 10.2. The smallest absolute Gasteiger partial charge is 0.246 e. The molecule has 2 saturated heterocycles. The average molecular weight is 422 g/mol. The molecule has 4 nitrogen and oxygen atoms in total. The lowest BCUT2D eigenvalue weighted by Crippen LogP contribution is -2.41. The van der Waals surface area contributed by atoms with Gasteiger partial charge in [-0.05, 0) is 54.4 Å². The molecule has 4 atom stereocenters. The molecule has 0 aromatic heterocycles. The molecular formula is C24H21ClFN3O. The van der Waals surface area contributed by atoms with Crippen LogP contribution in [0, 0.1) is 18.7 Å². The fourth-order valence-corrected chi connectivity index (χ4v) is 4.77. The Morgan fingerprint density at radius 3 is 2.30 bits per heavy atom. The van der Waals surface area contributed by atoms with E-state index in [1.165, 1.54) is 12.1 Å². The number of carbonyl (C=O) groups is 1. The van der Waals surface area contributed by atoms with E-state index < -0.39 is 6.04 Å². The summed E-state index contributed by atoms with van der Waals surface area (Å²) in [7, 11) is 0. The third-order valence-corrected chi connectivity index (χ3v) is 6.29. The Morgan fingerprint density at radius 1 is 0.900 bits per heavy atom. The largest absolute Gasteiger partial charge is 0.303 e. The van der Waals surface area contributed by atoms with Gasteiger partial charge in [0.2, 0.25) is 5.91 Å². The number of hydrazine groups is 1. The van der Waals surface area contributed by atoms with Gasteiger partial charge in [0.25, 0.3) is 0 Å². The lowest BCUT2D eigenvalue weighted by molar-refractivity contribution is -0.119. The molecule has 2 heterocycles. The van der Waals surface area contributed by atoms with Crippen molar-refractivity contribution in [2.75, 3.05) is 4.90 Å². The highest BCUT2D eigenvalue weighted by Crippen LogP contribution is 2.49. The number of nitrogens with one attached hydrogen (secondary N) is 2. The third kappa shape index (κ3) is 3.19. The number of nitrogens with zero attached hydrogens (tertiary/aromatic N) is 1. The number of hydrogen-bond acceptors (Lipinski definition) is 3. The molecular weight excluding hydrogens is 401 g/mol. The molecule has 0 radical (unpaired) electrons. The van der Waals surface area contributed by atoms with Gasteiger partial charge in [-0.25, -0.2) is 15.2 Å². The number of halogens is 2. The molecule has 0 aliphatic carbocycles. The first kappa shape index (κ1) is 19.2. The molecule has 3 aromatic rings. The molecule has 152 valence electrons. The second-order valence-corrected chi connectivity index (χ2v) is 8.35. The minimum Gasteiger partial charge on any atom is -0.303 e. The van der Waals surface area contributed by atoms with E-state index in [1.807, 2.05) is 61.5 Å². The topological polar surface area (TPSA) is 44.4 Å². The number of hydrogen-bond donors (Lipinski definition) is 2. The highest BCUT2D eigenvalue weighted by molar-refractivity contribution is 6.30. The van der Waals surface area contributed by atoms with E-state index in [2.05, 4.69) is 10.9 Å². The van der Waals surface area contributed by atoms with Crippen LogP contribution in [0.5, 0.6) is 0 Å². The zero-order valence-electron chi connectivity index (χ0n) is 16.3. The number of fused-ring (bicyclic) bond motifs is 1. The predicted octanol–water partition coefficient (Wildman–Crippen LogP) is 4.71. The zero-order valence-corrected chi connectivity index (χ0v) is 17.1. The summed E-state index contributed by atoms with van der Waals surface area (Å²) < 4.78 is 14.2. The maximum Gasteiger partial charge on any atom is 0.246 e. The summed E-state index contributed by atoms with van der Waals surface area (Å²) >= 11 is 6.07. The number of amides is 1. The predicted molar refractivity (Wildman–Crippen MR) is 116 cm³/mol. The van der Waals surface area contributed by atoms with E-state index in [-0.39, 0.29) is 29.7 Å². The fourth-order valence-electron chi connectivity index (χ4n) is 4.65. The monoisotopic (exact) mass is 421 g/mol. The Hall–Kier alpha value is -2.73. The summed E-state index contributed by atoms with van der Waals surface area (Å²) in [6.07, 6.45) is 0. The van der Waals surface area contributed by atoms with Crippen molar-refractivity contribution in [2.24, 2.45) is 5.92 Å². The Bertz CT molecular complexity index is 1090. The van der Waals surface area contributed by atoms with Crippen LogP contribution in [-0.2, 0) is 4.79 Å². The van der Waals surface area contributed by atoms with Crippen molar-refractivity contribution in [1.29, 1.82) is 0 Å². The van der Waals surface area contributed by atoms with Crippen molar-refractivity contribution in [3.05, 3.63) is 100 Å². The molecule has 2 N–H and O–H groups in total. The molecule has 0 bridgehead atoms. The lowest BCUT2D eigenvalue weighted by atomic mass is 9.83. The molecule has 30 heavy (non-hydrogen) atoms. The van der Waals surface area contributed by atoms with Gasteiger partial charge in [-0.1, -0.05) is 53.6 Å². The van der Waals surface area contributed by atoms with Gasteiger partial charge in [0.1, 0.15) is 11.9 Å². The van der Waals surface area contributed by atoms with Crippen LogP contribution in [0.3, 0.4) is 0 Å². The van der Waals surface area contributed by atoms with Gasteiger partial charge in [0.05, 0.1) is 12.1 Å². The maximum atomic E-state index is 14.2. The first-order valence-electron chi connectivity index (χ1n) is 9.94. The van der Waals surface area contributed by atoms with Crippen molar-refractivity contribution in [3.63, 3.8) is 0 Å². The van der Waals surface area contributed by atoms with Crippen molar-refractivity contribution in [1.82, 2.24) is 10.9 Å². The minimum atomic E-state index is -0.416. The van der Waals surface area contributed by atoms with Gasteiger partial charge in [0, 0.05) is 16.6 Å². The van der Waals surface area contributed by atoms with Crippen LogP contribution in [0.2, 0.25) is 5.02 Å². The van der Waals surface area contributed by atoms with Gasteiger partial charge < -0.3 is 4.90 Å². The molecule has 0 spiro atoms. The van der Waals surface area contributed by atoms with Gasteiger partial charge >= 0.3 is 0 Å². The van der Waals surface area contributed by atoms with Crippen LogP contribution in [0.15, 0.2) is 72.8 Å². The van der Waals surface area contributed by atoms with E-state index in [0.29, 0.717) is 5.02 Å². The Morgan fingerprint density at radius 2 is 1.60 bits per heavy atom. The van der Waals surface area contributed by atoms with Gasteiger partial charge in [-0.3, -0.25) is 4.79 Å². The zero-order chi connectivity index (χ0) is 20.8. The molecule has 2 fully saturated rings. The number of aryl methyl sites for hydroxylation is 1. The highest BCUT2D eigenvalue weighted by Gasteiger charge is 2.56. The highest BCUT2D eigenvalue weighted by atomic mass is 35.5. The second kappa shape index (κ2) is 7.51. The molecule has 1 amide bonds. The van der Waals surface area contributed by atoms with Gasteiger partial charge in [0.15, 0.2) is 0 Å². The summed E-state index contributed by atoms with van der Waals surface area (Å²) in [6.45, 7) is 2.01. The van der Waals surface area contributed by atoms with Crippen LogP contribution in [0.4, 0.5) is 10.1 Å². The van der Waals surface area contributed by atoms with E-state index in [9.17, 15) is 9.18 Å². The van der Waals surface area contributed by atoms with Crippen LogP contribution >= 0.6 is 11.6 Å². The van der Waals surface area contributed by atoms with Crippen molar-refractivity contribution >= 4 is 23.2 Å². The fraction of sp³-hybridized carbons (Fsp3) is 0.208. The van der Waals surface area contributed by atoms with E-state index in [4.69, 9.17) is 11.6 Å². The van der Waals surface area contributed by atoms with Crippen LogP contribution in [-0.4, -0.2) is 11.9 Å². The number of rotatable bonds is 3. The molecule has 2 aliphatic heterocycles. The molecule has 6 heteroatoms. The summed E-state index contributed by atoms with van der Waals surface area (Å²) in [4.78, 5) is 15.3. The van der Waals surface area contributed by atoms with Crippen LogP contribution < -0.4 is 15.8 Å². The standard InChI is InChI=1S/C24H21ClFN3O/c1-14-5-11-19(12-6-14)29-23(16-3-2-4-18(26)13-16)20-21(27-28-22(20)24(29)30)15-7-9-17(25)10-8-15/h2-13,20-23,27-28H,1H3. The first-order chi connectivity index (χ1) is 14.5. The Kier molecular flexibility index (Phi) is 4.82. The van der Waals surface area contributed by atoms with Crippen molar-refractivity contribution in [2.45, 2.75) is 25.0 Å². The number of carbonyl (C=O) groups excluding carboxylic acids is 1. The first-order valence-corrected chi connectivity index (χ1v) is 10.3. The summed E-state index contributed by atoms with van der Waals surface area (Å²) in [5, 5.41) is 0.659. The second-order valence-electron chi connectivity index (χ2n) is 7.92. The minimum absolute atomic E-state index is 0.0259. The number of anilines is 1. The van der Waals surface area contributed by atoms with Crippen LogP contribution in [0.25, 0.3) is 0 Å². The van der Waals surface area contributed by atoms with Gasteiger partial charge in [-0.15, -0.1) is 0 Å². The molecule has 2 aliphatic rings. The third-order valence-electron chi connectivity index (χ3n) is 6.04. The summed E-state index contributed by atoms with van der Waals surface area (Å²) in [5.74, 6) is -0.460. The number of benzene rings is 3. The normalized spacial score (nSPS) is 25.6. The molecule has 4 unspecified atom stereocenters. The molecule has 0 saturated carbocycles. The van der Waals surface area contributed by atoms with Crippen molar-refractivity contribution in [3.8, 4) is 0 Å². The van der Waals surface area contributed by atoms with Crippen molar-refractivity contribution < 1.29 is 9.18 Å². The molecule has 5 rings (SSSR count). The van der Waals surface area contributed by atoms with E-state index in [0.717, 1.165) is 22.4 Å². The Balaban J connectivity index is 1.63. The van der Waals surface area contributed by atoms with E-state index in [1.54, 1.807) is 11.0 Å². The Labute approximate surface area is 179 Å². The quantitative estimate of drug-likeness (QED) is 0.643. The van der Waals surface area contributed by atoms with Gasteiger partial charge in [-0.2, -0.15) is 0 Å². The van der Waals surface area contributed by atoms with E-state index >= 15 is 0 Å². The molecule has 3 aromatic carbocycles. The average Bonchev–Trinajstić information content (AvgIpc) is 3.28. The lowest BCUT2D eigenvalue weighted by Gasteiger charge is -2.31.